The number of aryl methyl sites for hydroxylation is 2. The summed E-state index contributed by atoms with van der Waals surface area (Å²) >= 11 is 3.37. The van der Waals surface area contributed by atoms with Crippen LogP contribution in [0.3, 0.4) is 0 Å². The Morgan fingerprint density at radius 1 is 1.18 bits per heavy atom. The number of nitriles is 1. The minimum absolute atomic E-state index is 0.217. The van der Waals surface area contributed by atoms with Crippen LogP contribution in [0.4, 0.5) is 23.1 Å². The second kappa shape index (κ2) is 7.95. The molecule has 0 fully saturated rings. The minimum Gasteiger partial charge on any atom is -0.437 e. The monoisotopic (exact) mass is 434 g/mol. The van der Waals surface area contributed by atoms with Gasteiger partial charge in [-0.1, -0.05) is 12.1 Å². The molecule has 3 aromatic rings. The highest BCUT2D eigenvalue weighted by molar-refractivity contribution is 9.10. The Labute approximate surface area is 170 Å². The van der Waals surface area contributed by atoms with E-state index in [0.717, 1.165) is 11.1 Å². The number of nitrogens with zero attached hydrogens (tertiary/aromatic N) is 4. The number of hydrogen-bond donors (Lipinski definition) is 2. The molecule has 0 amide bonds. The molecule has 0 aliphatic carbocycles. The summed E-state index contributed by atoms with van der Waals surface area (Å²) in [5.74, 6) is 1.33. The van der Waals surface area contributed by atoms with E-state index in [0.29, 0.717) is 27.2 Å². The van der Waals surface area contributed by atoms with E-state index >= 15 is 0 Å². The fraction of sp³-hybridized carbons (Fsp3) is 0.100. The number of nitrogens with one attached hydrogen (secondary N) is 1. The second-order valence-corrected chi connectivity index (χ2v) is 6.78. The number of hydrogen-bond acceptors (Lipinski definition) is 6. The maximum absolute atomic E-state index is 9.10. The molecule has 0 saturated heterocycles. The van der Waals surface area contributed by atoms with Crippen molar-refractivity contribution in [1.29, 1.82) is 5.26 Å². The molecule has 0 radical (unpaired) electrons. The average molecular weight is 435 g/mol. The Kier molecular flexibility index (Phi) is 5.44. The fourth-order valence-electron chi connectivity index (χ4n) is 2.59. The molecule has 1 aromatic heterocycles. The van der Waals surface area contributed by atoms with Crippen molar-refractivity contribution in [2.24, 2.45) is 0 Å². The summed E-state index contributed by atoms with van der Waals surface area (Å²) in [5, 5.41) is 12.1. The van der Waals surface area contributed by atoms with Gasteiger partial charge in [-0.05, 0) is 65.2 Å². The van der Waals surface area contributed by atoms with E-state index < -0.39 is 0 Å². The molecule has 0 aliphatic heterocycles. The first-order valence-electron chi connectivity index (χ1n) is 8.18. The predicted octanol–water partition coefficient (Wildman–Crippen LogP) is 5.40. The van der Waals surface area contributed by atoms with Crippen LogP contribution in [0.25, 0.3) is 4.85 Å². The lowest BCUT2D eigenvalue weighted by molar-refractivity contribution is 0.453. The van der Waals surface area contributed by atoms with Crippen molar-refractivity contribution in [3.8, 4) is 17.7 Å². The Hall–Kier alpha value is -3.62. The number of halogens is 1. The SMILES string of the molecule is [C-]#[N+]c1ccc(Nc2nc(N)c(Br)c(Oc3c(C)cc(C#N)cc3C)n2)cc1. The second-order valence-electron chi connectivity index (χ2n) is 5.99. The molecule has 0 aliphatic rings. The molecular formula is C20H15BrN6O. The maximum Gasteiger partial charge on any atom is 0.240 e. The topological polar surface area (TPSA) is 101 Å². The molecule has 3 rings (SSSR count). The Morgan fingerprint density at radius 3 is 2.39 bits per heavy atom. The van der Waals surface area contributed by atoms with Crippen molar-refractivity contribution in [3.63, 3.8) is 0 Å². The molecule has 1 heterocycles. The quantitative estimate of drug-likeness (QED) is 0.533. The number of aromatic nitrogens is 2. The van der Waals surface area contributed by atoms with E-state index in [4.69, 9.17) is 22.3 Å². The van der Waals surface area contributed by atoms with Crippen LogP contribution in [0.1, 0.15) is 16.7 Å². The van der Waals surface area contributed by atoms with Crippen LogP contribution in [0, 0.1) is 31.8 Å². The van der Waals surface area contributed by atoms with Gasteiger partial charge in [0.1, 0.15) is 16.0 Å². The Bertz CT molecular complexity index is 1110. The van der Waals surface area contributed by atoms with E-state index in [1.165, 1.54) is 0 Å². The van der Waals surface area contributed by atoms with Crippen molar-refractivity contribution >= 4 is 39.1 Å². The van der Waals surface area contributed by atoms with Gasteiger partial charge in [0.15, 0.2) is 5.69 Å². The maximum atomic E-state index is 9.10. The van der Waals surface area contributed by atoms with Crippen LogP contribution < -0.4 is 15.8 Å². The van der Waals surface area contributed by atoms with Crippen LogP contribution in [0.5, 0.6) is 11.6 Å². The highest BCUT2D eigenvalue weighted by Crippen LogP contribution is 2.36. The van der Waals surface area contributed by atoms with Gasteiger partial charge in [0.05, 0.1) is 18.2 Å². The first kappa shape index (κ1) is 19.2. The lowest BCUT2D eigenvalue weighted by Crippen LogP contribution is -2.04. The third-order valence-electron chi connectivity index (χ3n) is 3.89. The van der Waals surface area contributed by atoms with E-state index in [9.17, 15) is 0 Å². The van der Waals surface area contributed by atoms with Gasteiger partial charge in [-0.25, -0.2) is 4.85 Å². The summed E-state index contributed by atoms with van der Waals surface area (Å²) in [7, 11) is 0. The van der Waals surface area contributed by atoms with Gasteiger partial charge in [0.25, 0.3) is 0 Å². The molecule has 7 nitrogen and oxygen atoms in total. The van der Waals surface area contributed by atoms with E-state index in [-0.39, 0.29) is 17.6 Å². The normalized spacial score (nSPS) is 10.0. The van der Waals surface area contributed by atoms with Crippen LogP contribution in [0.15, 0.2) is 40.9 Å². The number of anilines is 3. The van der Waals surface area contributed by atoms with E-state index in [2.05, 4.69) is 42.1 Å². The number of benzene rings is 2. The first-order chi connectivity index (χ1) is 13.4. The van der Waals surface area contributed by atoms with Crippen LogP contribution >= 0.6 is 15.9 Å². The third-order valence-corrected chi connectivity index (χ3v) is 4.63. The highest BCUT2D eigenvalue weighted by atomic mass is 79.9. The lowest BCUT2D eigenvalue weighted by Gasteiger charge is -2.14. The van der Waals surface area contributed by atoms with Crippen LogP contribution in [0.2, 0.25) is 0 Å². The zero-order chi connectivity index (χ0) is 20.3. The number of nitrogens with two attached hydrogens (primary N) is 1. The third kappa shape index (κ3) is 4.03. The first-order valence-corrected chi connectivity index (χ1v) is 8.97. The molecule has 0 bridgehead atoms. The summed E-state index contributed by atoms with van der Waals surface area (Å²) < 4.78 is 6.43. The fourth-order valence-corrected chi connectivity index (χ4v) is 2.85. The molecule has 28 heavy (non-hydrogen) atoms. The molecule has 0 unspecified atom stereocenters. The van der Waals surface area contributed by atoms with Gasteiger partial charge in [0.2, 0.25) is 11.8 Å². The Balaban J connectivity index is 1.94. The van der Waals surface area contributed by atoms with Gasteiger partial charge in [-0.3, -0.25) is 0 Å². The molecule has 0 atom stereocenters. The summed E-state index contributed by atoms with van der Waals surface area (Å²) in [5.41, 5.74) is 9.43. The van der Waals surface area contributed by atoms with Gasteiger partial charge in [-0.15, -0.1) is 0 Å². The summed E-state index contributed by atoms with van der Waals surface area (Å²) in [6, 6.07) is 12.5. The van der Waals surface area contributed by atoms with Crippen LogP contribution in [-0.4, -0.2) is 9.97 Å². The molecule has 8 heteroatoms. The number of rotatable bonds is 4. The zero-order valence-corrected chi connectivity index (χ0v) is 16.7. The van der Waals surface area contributed by atoms with Crippen LogP contribution in [-0.2, 0) is 0 Å². The Morgan fingerprint density at radius 2 is 1.82 bits per heavy atom. The molecule has 0 spiro atoms. The highest BCUT2D eigenvalue weighted by Gasteiger charge is 2.15. The number of ether oxygens (including phenoxy) is 1. The predicted molar refractivity (Wildman–Crippen MR) is 111 cm³/mol. The van der Waals surface area contributed by atoms with Crippen molar-refractivity contribution in [2.45, 2.75) is 13.8 Å². The van der Waals surface area contributed by atoms with Crippen molar-refractivity contribution in [3.05, 3.63) is 69.0 Å². The molecule has 0 saturated carbocycles. The van der Waals surface area contributed by atoms with Gasteiger partial charge in [-0.2, -0.15) is 15.2 Å². The molecule has 3 N–H and O–H groups in total. The van der Waals surface area contributed by atoms with E-state index in [1.54, 1.807) is 36.4 Å². The minimum atomic E-state index is 0.217. The summed E-state index contributed by atoms with van der Waals surface area (Å²) in [4.78, 5) is 12.0. The lowest BCUT2D eigenvalue weighted by atomic mass is 10.1. The smallest absolute Gasteiger partial charge is 0.240 e. The van der Waals surface area contributed by atoms with Crippen molar-refractivity contribution in [1.82, 2.24) is 9.97 Å². The summed E-state index contributed by atoms with van der Waals surface area (Å²) in [6.07, 6.45) is 0. The standard InChI is InChI=1S/C20H15BrN6O/c1-11-8-13(10-22)9-12(2)17(11)28-19-16(21)18(23)26-20(27-19)25-15-6-4-14(24-3)5-7-15/h4-9H,1-2H3,(H3,23,25,26,27). The molecular weight excluding hydrogens is 420 g/mol. The van der Waals surface area contributed by atoms with E-state index in [1.807, 2.05) is 13.8 Å². The summed E-state index contributed by atoms with van der Waals surface area (Å²) in [6.45, 7) is 10.7. The van der Waals surface area contributed by atoms with Gasteiger partial charge < -0.3 is 15.8 Å². The largest absolute Gasteiger partial charge is 0.437 e. The number of nitrogen functional groups attached to an aromatic ring is 1. The molecule has 2 aromatic carbocycles. The average Bonchev–Trinajstić information content (AvgIpc) is 2.68. The van der Waals surface area contributed by atoms with Gasteiger partial charge in [0, 0.05) is 5.69 Å². The van der Waals surface area contributed by atoms with Crippen molar-refractivity contribution < 1.29 is 4.74 Å². The molecule has 138 valence electrons. The van der Waals surface area contributed by atoms with Gasteiger partial charge >= 0.3 is 0 Å². The van der Waals surface area contributed by atoms with Crippen molar-refractivity contribution in [2.75, 3.05) is 11.1 Å². The zero-order valence-electron chi connectivity index (χ0n) is 15.1.